The lowest BCUT2D eigenvalue weighted by atomic mass is 10.3. The highest BCUT2D eigenvalue weighted by Crippen LogP contribution is 2.13. The lowest BCUT2D eigenvalue weighted by molar-refractivity contribution is 0.874. The summed E-state index contributed by atoms with van der Waals surface area (Å²) in [6.07, 6.45) is 1.01. The van der Waals surface area contributed by atoms with E-state index in [1.54, 1.807) is 0 Å². The van der Waals surface area contributed by atoms with E-state index in [4.69, 9.17) is 5.73 Å². The number of nitrogens with one attached hydrogen (secondary N) is 1. The minimum Gasteiger partial charge on any atom is -0.385 e. The number of benzene rings is 1. The Morgan fingerprint density at radius 1 is 1.25 bits per heavy atom. The Morgan fingerprint density at radius 3 is 2.50 bits per heavy atom. The van der Waals surface area contributed by atoms with E-state index in [1.165, 1.54) is 0 Å². The molecule has 0 unspecified atom stereocenters. The summed E-state index contributed by atoms with van der Waals surface area (Å²) >= 11 is 3.38. The SMILES string of the molecule is NCCCNc1ccc(Br)cc1. The van der Waals surface area contributed by atoms with Gasteiger partial charge in [-0.3, -0.25) is 0 Å². The minimum atomic E-state index is 0.740. The van der Waals surface area contributed by atoms with Gasteiger partial charge in [-0.1, -0.05) is 15.9 Å². The van der Waals surface area contributed by atoms with Crippen molar-refractivity contribution in [1.82, 2.24) is 0 Å². The van der Waals surface area contributed by atoms with Gasteiger partial charge in [-0.25, -0.2) is 0 Å². The topological polar surface area (TPSA) is 38.0 Å². The largest absolute Gasteiger partial charge is 0.385 e. The van der Waals surface area contributed by atoms with Gasteiger partial charge in [-0.2, -0.15) is 0 Å². The molecule has 0 saturated heterocycles. The van der Waals surface area contributed by atoms with Crippen molar-refractivity contribution in [1.29, 1.82) is 0 Å². The first-order valence-corrected chi connectivity index (χ1v) is 4.82. The van der Waals surface area contributed by atoms with E-state index in [2.05, 4.69) is 21.2 Å². The van der Waals surface area contributed by atoms with Gasteiger partial charge >= 0.3 is 0 Å². The first kappa shape index (κ1) is 9.55. The van der Waals surface area contributed by atoms with Crippen LogP contribution in [0, 0.1) is 0 Å². The van der Waals surface area contributed by atoms with Crippen molar-refractivity contribution in [3.63, 3.8) is 0 Å². The molecule has 1 rings (SSSR count). The van der Waals surface area contributed by atoms with Gasteiger partial charge in [-0.15, -0.1) is 0 Å². The molecular weight excluding hydrogens is 216 g/mol. The highest BCUT2D eigenvalue weighted by Gasteiger charge is 1.89. The zero-order valence-electron chi connectivity index (χ0n) is 6.89. The van der Waals surface area contributed by atoms with Crippen LogP contribution in [-0.2, 0) is 0 Å². The second-order valence-electron chi connectivity index (χ2n) is 2.58. The zero-order chi connectivity index (χ0) is 8.81. The maximum atomic E-state index is 5.37. The molecule has 0 bridgehead atoms. The van der Waals surface area contributed by atoms with Crippen LogP contribution in [0.5, 0.6) is 0 Å². The summed E-state index contributed by atoms with van der Waals surface area (Å²) in [6.45, 7) is 1.68. The number of hydrogen-bond acceptors (Lipinski definition) is 2. The fourth-order valence-corrected chi connectivity index (χ4v) is 1.17. The summed E-state index contributed by atoms with van der Waals surface area (Å²) in [5, 5.41) is 3.27. The number of nitrogens with two attached hydrogens (primary N) is 1. The molecule has 3 heteroatoms. The highest BCUT2D eigenvalue weighted by atomic mass is 79.9. The molecule has 66 valence electrons. The van der Waals surface area contributed by atoms with E-state index in [0.29, 0.717) is 0 Å². The van der Waals surface area contributed by atoms with Crippen molar-refractivity contribution in [2.45, 2.75) is 6.42 Å². The molecule has 12 heavy (non-hydrogen) atoms. The van der Waals surface area contributed by atoms with E-state index in [0.717, 1.165) is 29.7 Å². The fourth-order valence-electron chi connectivity index (χ4n) is 0.903. The quantitative estimate of drug-likeness (QED) is 0.777. The van der Waals surface area contributed by atoms with Gasteiger partial charge in [0.2, 0.25) is 0 Å². The Balaban J connectivity index is 2.37. The molecule has 0 spiro atoms. The maximum absolute atomic E-state index is 5.37. The molecule has 0 amide bonds. The van der Waals surface area contributed by atoms with Crippen molar-refractivity contribution in [3.05, 3.63) is 28.7 Å². The Labute approximate surface area is 81.3 Å². The average Bonchev–Trinajstić information content (AvgIpc) is 2.09. The Morgan fingerprint density at radius 2 is 1.92 bits per heavy atom. The third-order valence-electron chi connectivity index (χ3n) is 1.55. The highest BCUT2D eigenvalue weighted by molar-refractivity contribution is 9.10. The van der Waals surface area contributed by atoms with E-state index in [-0.39, 0.29) is 0 Å². The number of anilines is 1. The van der Waals surface area contributed by atoms with Crippen molar-refractivity contribution in [2.75, 3.05) is 18.4 Å². The van der Waals surface area contributed by atoms with Crippen molar-refractivity contribution < 1.29 is 0 Å². The van der Waals surface area contributed by atoms with E-state index in [1.807, 2.05) is 24.3 Å². The molecular formula is C9H13BrN2. The Kier molecular flexibility index (Phi) is 4.11. The molecule has 0 saturated carbocycles. The van der Waals surface area contributed by atoms with Crippen molar-refractivity contribution >= 4 is 21.6 Å². The molecule has 0 radical (unpaired) electrons. The van der Waals surface area contributed by atoms with Crippen LogP contribution in [0.3, 0.4) is 0 Å². The van der Waals surface area contributed by atoms with Crippen LogP contribution in [0.4, 0.5) is 5.69 Å². The lowest BCUT2D eigenvalue weighted by Gasteiger charge is -2.04. The molecule has 0 fully saturated rings. The molecule has 2 nitrogen and oxygen atoms in total. The van der Waals surface area contributed by atoms with Gasteiger partial charge in [0.25, 0.3) is 0 Å². The number of hydrogen-bond donors (Lipinski definition) is 2. The smallest absolute Gasteiger partial charge is 0.0340 e. The minimum absolute atomic E-state index is 0.740. The standard InChI is InChI=1S/C9H13BrN2/c10-8-2-4-9(5-3-8)12-7-1-6-11/h2-5,12H,1,6-7,11H2. The monoisotopic (exact) mass is 228 g/mol. The van der Waals surface area contributed by atoms with E-state index < -0.39 is 0 Å². The first-order valence-electron chi connectivity index (χ1n) is 4.02. The van der Waals surface area contributed by atoms with Gasteiger partial charge in [0.1, 0.15) is 0 Å². The molecule has 0 aliphatic heterocycles. The van der Waals surface area contributed by atoms with Crippen LogP contribution in [0.2, 0.25) is 0 Å². The zero-order valence-corrected chi connectivity index (χ0v) is 8.47. The molecule has 0 atom stereocenters. The molecule has 0 aliphatic carbocycles. The second-order valence-corrected chi connectivity index (χ2v) is 3.49. The van der Waals surface area contributed by atoms with E-state index in [9.17, 15) is 0 Å². The first-order chi connectivity index (χ1) is 5.83. The summed E-state index contributed by atoms with van der Waals surface area (Å²) in [5.41, 5.74) is 6.51. The van der Waals surface area contributed by atoms with Crippen LogP contribution in [0.15, 0.2) is 28.7 Å². The molecule has 0 aliphatic rings. The molecule has 1 aromatic carbocycles. The average molecular weight is 229 g/mol. The summed E-state index contributed by atoms with van der Waals surface area (Å²) in [5.74, 6) is 0. The van der Waals surface area contributed by atoms with E-state index >= 15 is 0 Å². The maximum Gasteiger partial charge on any atom is 0.0340 e. The van der Waals surface area contributed by atoms with Gasteiger partial charge in [0.05, 0.1) is 0 Å². The van der Waals surface area contributed by atoms with Crippen LogP contribution in [-0.4, -0.2) is 13.1 Å². The van der Waals surface area contributed by atoms with Crippen molar-refractivity contribution in [2.24, 2.45) is 5.73 Å². The number of rotatable bonds is 4. The van der Waals surface area contributed by atoms with Crippen LogP contribution in [0.1, 0.15) is 6.42 Å². The lowest BCUT2D eigenvalue weighted by Crippen LogP contribution is -2.08. The molecule has 1 aromatic rings. The summed E-state index contributed by atoms with van der Waals surface area (Å²) in [4.78, 5) is 0. The second kappa shape index (κ2) is 5.17. The Bertz CT molecular complexity index is 220. The molecule has 3 N–H and O–H groups in total. The summed E-state index contributed by atoms with van der Waals surface area (Å²) in [6, 6.07) is 8.12. The molecule has 0 aromatic heterocycles. The third kappa shape index (κ3) is 3.24. The van der Waals surface area contributed by atoms with Crippen LogP contribution >= 0.6 is 15.9 Å². The van der Waals surface area contributed by atoms with Crippen molar-refractivity contribution in [3.8, 4) is 0 Å². The fraction of sp³-hybridized carbons (Fsp3) is 0.333. The van der Waals surface area contributed by atoms with Crippen LogP contribution in [0.25, 0.3) is 0 Å². The summed E-state index contributed by atoms with van der Waals surface area (Å²) < 4.78 is 1.10. The normalized spacial score (nSPS) is 9.83. The number of halogens is 1. The van der Waals surface area contributed by atoms with Gasteiger partial charge in [0, 0.05) is 16.7 Å². The third-order valence-corrected chi connectivity index (χ3v) is 2.08. The predicted octanol–water partition coefficient (Wildman–Crippen LogP) is 2.21. The molecule has 0 heterocycles. The van der Waals surface area contributed by atoms with Gasteiger partial charge in [0.15, 0.2) is 0 Å². The van der Waals surface area contributed by atoms with Gasteiger partial charge < -0.3 is 11.1 Å². The van der Waals surface area contributed by atoms with Gasteiger partial charge in [-0.05, 0) is 37.2 Å². The summed E-state index contributed by atoms with van der Waals surface area (Å²) in [7, 11) is 0. The van der Waals surface area contributed by atoms with Crippen LogP contribution < -0.4 is 11.1 Å². The Hall–Kier alpha value is -0.540. The predicted molar refractivity (Wildman–Crippen MR) is 56.3 cm³/mol.